The van der Waals surface area contributed by atoms with Crippen molar-refractivity contribution in [1.29, 1.82) is 0 Å². The van der Waals surface area contributed by atoms with Crippen molar-refractivity contribution >= 4 is 5.91 Å². The largest absolute Gasteiger partial charge is 0.482 e. The summed E-state index contributed by atoms with van der Waals surface area (Å²) in [5.74, 6) is -0.127. The third-order valence-corrected chi connectivity index (χ3v) is 2.86. The minimum Gasteiger partial charge on any atom is -0.482 e. The van der Waals surface area contributed by atoms with E-state index in [0.717, 1.165) is 0 Å². The van der Waals surface area contributed by atoms with Crippen molar-refractivity contribution in [2.45, 2.75) is 19.1 Å². The molecule has 5 nitrogen and oxygen atoms in total. The van der Waals surface area contributed by atoms with Gasteiger partial charge in [0.05, 0.1) is 11.3 Å². The topological polar surface area (TPSA) is 91.2 Å². The maximum Gasteiger partial charge on any atom is 0.252 e. The van der Waals surface area contributed by atoms with Gasteiger partial charge in [-0.15, -0.1) is 0 Å². The van der Waals surface area contributed by atoms with Crippen LogP contribution in [0, 0.1) is 0 Å². The molecule has 0 aliphatic heterocycles. The Morgan fingerprint density at radius 3 is 2.50 bits per heavy atom. The van der Waals surface area contributed by atoms with Crippen LogP contribution in [0.25, 0.3) is 0 Å². The summed E-state index contributed by atoms with van der Waals surface area (Å²) in [7, 11) is 0. The highest BCUT2D eigenvalue weighted by atomic mass is 16.5. The van der Waals surface area contributed by atoms with Crippen LogP contribution in [-0.4, -0.2) is 16.9 Å². The summed E-state index contributed by atoms with van der Waals surface area (Å²) in [4.78, 5) is 15.7. The predicted molar refractivity (Wildman–Crippen MR) is 76.2 cm³/mol. The van der Waals surface area contributed by atoms with Crippen LogP contribution < -0.4 is 16.2 Å². The van der Waals surface area contributed by atoms with Gasteiger partial charge in [-0.2, -0.15) is 0 Å². The lowest BCUT2D eigenvalue weighted by Crippen LogP contribution is -2.30. The van der Waals surface area contributed by atoms with Crippen LogP contribution >= 0.6 is 0 Å². The summed E-state index contributed by atoms with van der Waals surface area (Å²) in [5.41, 5.74) is 12.3. The first-order chi connectivity index (χ1) is 9.59. The number of ether oxygens (including phenoxy) is 1. The molecule has 1 aromatic carbocycles. The summed E-state index contributed by atoms with van der Waals surface area (Å²) in [6.07, 6.45) is 1.23. The van der Waals surface area contributed by atoms with Gasteiger partial charge in [0, 0.05) is 12.2 Å². The molecule has 2 rings (SSSR count). The summed E-state index contributed by atoms with van der Waals surface area (Å²) in [6, 6.07) is 12.0. The maximum absolute atomic E-state index is 11.4. The van der Waals surface area contributed by atoms with Gasteiger partial charge in [0.15, 0.2) is 6.10 Å². The second-order valence-electron chi connectivity index (χ2n) is 4.51. The number of carbonyl (C=O) groups excluding carboxylic acids is 1. The fourth-order valence-corrected chi connectivity index (χ4v) is 1.89. The molecule has 0 saturated carbocycles. The summed E-state index contributed by atoms with van der Waals surface area (Å²) >= 11 is 0. The molecule has 0 radical (unpaired) electrons. The van der Waals surface area contributed by atoms with Gasteiger partial charge in [-0.05, 0) is 31.2 Å². The number of para-hydroxylation sites is 1. The van der Waals surface area contributed by atoms with Crippen LogP contribution in [0.5, 0.6) is 5.75 Å². The van der Waals surface area contributed by atoms with Crippen molar-refractivity contribution in [2.24, 2.45) is 11.5 Å². The van der Waals surface area contributed by atoms with E-state index in [1.165, 1.54) is 0 Å². The van der Waals surface area contributed by atoms with Crippen molar-refractivity contribution in [3.05, 3.63) is 59.9 Å². The van der Waals surface area contributed by atoms with Gasteiger partial charge in [0.1, 0.15) is 5.75 Å². The van der Waals surface area contributed by atoms with Gasteiger partial charge in [0.2, 0.25) is 0 Å². The van der Waals surface area contributed by atoms with Crippen LogP contribution in [0.4, 0.5) is 0 Å². The molecule has 104 valence electrons. The Kier molecular flexibility index (Phi) is 4.32. The molecule has 2 atom stereocenters. The molecule has 0 spiro atoms. The summed E-state index contributed by atoms with van der Waals surface area (Å²) in [6.45, 7) is 1.83. The Morgan fingerprint density at radius 2 is 1.90 bits per heavy atom. The molecular formula is C15H17N3O2. The second kappa shape index (κ2) is 6.16. The van der Waals surface area contributed by atoms with Gasteiger partial charge in [-0.3, -0.25) is 9.78 Å². The fraction of sp³-hybridized carbons (Fsp3) is 0.200. The average Bonchev–Trinajstić information content (AvgIpc) is 2.45. The maximum atomic E-state index is 11.4. The highest BCUT2D eigenvalue weighted by Gasteiger charge is 2.21. The molecule has 4 N–H and O–H groups in total. The molecule has 20 heavy (non-hydrogen) atoms. The van der Waals surface area contributed by atoms with E-state index in [4.69, 9.17) is 16.2 Å². The van der Waals surface area contributed by atoms with E-state index in [9.17, 15) is 4.79 Å². The first kappa shape index (κ1) is 14.0. The molecule has 2 aromatic rings. The van der Waals surface area contributed by atoms with E-state index in [-0.39, 0.29) is 6.04 Å². The zero-order chi connectivity index (χ0) is 14.5. The zero-order valence-corrected chi connectivity index (χ0v) is 11.2. The first-order valence-corrected chi connectivity index (χ1v) is 6.31. The minimum absolute atomic E-state index is 0.286. The molecule has 5 heteroatoms. The number of nitrogens with zero attached hydrogens (tertiary/aromatic N) is 1. The Hall–Kier alpha value is -2.40. The number of rotatable bonds is 5. The Labute approximate surface area is 117 Å². The molecule has 1 aromatic heterocycles. The lowest BCUT2D eigenvalue weighted by Gasteiger charge is -2.23. The molecule has 0 fully saturated rings. The Balaban J connectivity index is 2.33. The second-order valence-corrected chi connectivity index (χ2v) is 4.51. The standard InChI is InChI=1S/C15H17N3O2/c1-10(16)14(12-7-4-5-9-18-12)20-13-8-3-2-6-11(13)15(17)19/h2-10,14H,16H2,1H3,(H2,17,19). The number of amides is 1. The van der Waals surface area contributed by atoms with Gasteiger partial charge in [0.25, 0.3) is 5.91 Å². The quantitative estimate of drug-likeness (QED) is 0.865. The summed E-state index contributed by atoms with van der Waals surface area (Å²) in [5, 5.41) is 0. The van der Waals surface area contributed by atoms with Crippen LogP contribution in [0.1, 0.15) is 29.1 Å². The Morgan fingerprint density at radius 1 is 1.20 bits per heavy atom. The minimum atomic E-state index is -0.537. The third-order valence-electron chi connectivity index (χ3n) is 2.86. The van der Waals surface area contributed by atoms with Gasteiger partial charge < -0.3 is 16.2 Å². The highest BCUT2D eigenvalue weighted by molar-refractivity contribution is 5.95. The van der Waals surface area contributed by atoms with Crippen LogP contribution in [-0.2, 0) is 0 Å². The molecule has 0 aliphatic rings. The molecule has 1 heterocycles. The number of benzene rings is 1. The molecule has 0 bridgehead atoms. The summed E-state index contributed by atoms with van der Waals surface area (Å²) < 4.78 is 5.87. The van der Waals surface area contributed by atoms with E-state index in [0.29, 0.717) is 17.0 Å². The number of nitrogens with two attached hydrogens (primary N) is 2. The van der Waals surface area contributed by atoms with Crippen molar-refractivity contribution in [3.63, 3.8) is 0 Å². The normalized spacial score (nSPS) is 13.5. The third kappa shape index (κ3) is 3.13. The van der Waals surface area contributed by atoms with Gasteiger partial charge >= 0.3 is 0 Å². The fourth-order valence-electron chi connectivity index (χ4n) is 1.89. The van der Waals surface area contributed by atoms with Crippen LogP contribution in [0.15, 0.2) is 48.7 Å². The van der Waals surface area contributed by atoms with E-state index >= 15 is 0 Å². The van der Waals surface area contributed by atoms with Crippen molar-refractivity contribution in [1.82, 2.24) is 4.98 Å². The lowest BCUT2D eigenvalue weighted by atomic mass is 10.1. The van der Waals surface area contributed by atoms with E-state index in [1.54, 1.807) is 30.5 Å². The van der Waals surface area contributed by atoms with Crippen molar-refractivity contribution in [3.8, 4) is 5.75 Å². The van der Waals surface area contributed by atoms with E-state index in [1.807, 2.05) is 25.1 Å². The van der Waals surface area contributed by atoms with Crippen LogP contribution in [0.3, 0.4) is 0 Å². The average molecular weight is 271 g/mol. The number of pyridine rings is 1. The van der Waals surface area contributed by atoms with Crippen LogP contribution in [0.2, 0.25) is 0 Å². The van der Waals surface area contributed by atoms with E-state index < -0.39 is 12.0 Å². The highest BCUT2D eigenvalue weighted by Crippen LogP contribution is 2.25. The zero-order valence-electron chi connectivity index (χ0n) is 11.2. The Bertz CT molecular complexity index is 585. The number of carbonyl (C=O) groups is 1. The molecule has 2 unspecified atom stereocenters. The SMILES string of the molecule is CC(N)C(Oc1ccccc1C(N)=O)c1ccccn1. The van der Waals surface area contributed by atoms with Gasteiger partial charge in [-0.25, -0.2) is 0 Å². The van der Waals surface area contributed by atoms with Gasteiger partial charge in [-0.1, -0.05) is 18.2 Å². The predicted octanol–water partition coefficient (Wildman–Crippen LogP) is 1.65. The first-order valence-electron chi connectivity index (χ1n) is 6.31. The van der Waals surface area contributed by atoms with Crippen molar-refractivity contribution < 1.29 is 9.53 Å². The molecule has 0 aliphatic carbocycles. The smallest absolute Gasteiger partial charge is 0.252 e. The number of aromatic nitrogens is 1. The monoisotopic (exact) mass is 271 g/mol. The number of hydrogen-bond acceptors (Lipinski definition) is 4. The molecule has 0 saturated heterocycles. The molecule has 1 amide bonds. The van der Waals surface area contributed by atoms with E-state index in [2.05, 4.69) is 4.98 Å². The number of primary amides is 1. The number of hydrogen-bond donors (Lipinski definition) is 2. The van der Waals surface area contributed by atoms with Crippen molar-refractivity contribution in [2.75, 3.05) is 0 Å². The molecular weight excluding hydrogens is 254 g/mol. The lowest BCUT2D eigenvalue weighted by molar-refractivity contribution is 0.0990.